The first-order valence-electron chi connectivity index (χ1n) is 11.0. The van der Waals surface area contributed by atoms with Crippen LogP contribution < -0.4 is 15.4 Å². The fourth-order valence-electron chi connectivity index (χ4n) is 3.78. The second-order valence-electron chi connectivity index (χ2n) is 8.36. The fourth-order valence-corrected chi connectivity index (χ4v) is 3.78. The van der Waals surface area contributed by atoms with E-state index in [0.717, 1.165) is 25.7 Å². The number of anilines is 1. The van der Waals surface area contributed by atoms with Crippen molar-refractivity contribution in [1.82, 2.24) is 10.5 Å². The van der Waals surface area contributed by atoms with E-state index in [1.807, 2.05) is 0 Å². The SMILES string of the molecule is CC1CCC(NC(=O)c2cc(COc3ccc(NC(=O)c4ccccc4F)cc3)on2)CC1. The van der Waals surface area contributed by atoms with E-state index in [-0.39, 0.29) is 29.8 Å². The highest BCUT2D eigenvalue weighted by Crippen LogP contribution is 2.24. The Labute approximate surface area is 191 Å². The molecule has 3 aromatic rings. The number of carbonyl (C=O) groups excluding carboxylic acids is 2. The monoisotopic (exact) mass is 451 g/mol. The largest absolute Gasteiger partial charge is 0.486 e. The predicted octanol–water partition coefficient (Wildman–Crippen LogP) is 4.95. The average molecular weight is 451 g/mol. The van der Waals surface area contributed by atoms with E-state index in [4.69, 9.17) is 9.26 Å². The molecule has 0 radical (unpaired) electrons. The quantitative estimate of drug-likeness (QED) is 0.530. The van der Waals surface area contributed by atoms with Gasteiger partial charge in [0, 0.05) is 17.8 Å². The molecule has 7 nitrogen and oxygen atoms in total. The molecule has 0 spiro atoms. The van der Waals surface area contributed by atoms with Crippen LogP contribution in [0, 0.1) is 11.7 Å². The maximum Gasteiger partial charge on any atom is 0.273 e. The third-order valence-corrected chi connectivity index (χ3v) is 5.75. The van der Waals surface area contributed by atoms with Gasteiger partial charge in [-0.1, -0.05) is 24.2 Å². The number of benzene rings is 2. The normalized spacial score (nSPS) is 17.9. The Balaban J connectivity index is 1.26. The first-order valence-corrected chi connectivity index (χ1v) is 11.0. The molecule has 1 saturated carbocycles. The Kier molecular flexibility index (Phi) is 7.02. The summed E-state index contributed by atoms with van der Waals surface area (Å²) in [5, 5.41) is 9.51. The third-order valence-electron chi connectivity index (χ3n) is 5.75. The molecule has 2 N–H and O–H groups in total. The van der Waals surface area contributed by atoms with Crippen LogP contribution >= 0.6 is 0 Å². The smallest absolute Gasteiger partial charge is 0.273 e. The lowest BCUT2D eigenvalue weighted by molar-refractivity contribution is 0.0913. The average Bonchev–Trinajstić information content (AvgIpc) is 3.30. The van der Waals surface area contributed by atoms with Crippen LogP contribution in [-0.2, 0) is 6.61 Å². The van der Waals surface area contributed by atoms with Crippen molar-refractivity contribution >= 4 is 17.5 Å². The van der Waals surface area contributed by atoms with Gasteiger partial charge in [0.05, 0.1) is 5.56 Å². The summed E-state index contributed by atoms with van der Waals surface area (Å²) in [6, 6.07) is 14.2. The summed E-state index contributed by atoms with van der Waals surface area (Å²) in [5.74, 6) is 0.331. The zero-order valence-corrected chi connectivity index (χ0v) is 18.3. The van der Waals surface area contributed by atoms with Gasteiger partial charge in [-0.2, -0.15) is 0 Å². The Hall–Kier alpha value is -3.68. The minimum atomic E-state index is -0.580. The number of carbonyl (C=O) groups is 2. The molecule has 0 unspecified atom stereocenters. The molecule has 0 atom stereocenters. The molecule has 1 aliphatic carbocycles. The molecule has 1 fully saturated rings. The number of aromatic nitrogens is 1. The van der Waals surface area contributed by atoms with Gasteiger partial charge in [0.15, 0.2) is 11.5 Å². The van der Waals surface area contributed by atoms with Gasteiger partial charge < -0.3 is 19.9 Å². The van der Waals surface area contributed by atoms with E-state index >= 15 is 0 Å². The maximum atomic E-state index is 13.7. The summed E-state index contributed by atoms with van der Waals surface area (Å²) in [4.78, 5) is 24.6. The summed E-state index contributed by atoms with van der Waals surface area (Å²) in [5.41, 5.74) is 0.714. The molecule has 8 heteroatoms. The Morgan fingerprint density at radius 2 is 1.79 bits per heavy atom. The van der Waals surface area contributed by atoms with Crippen LogP contribution in [0.25, 0.3) is 0 Å². The van der Waals surface area contributed by atoms with Gasteiger partial charge in [-0.25, -0.2) is 4.39 Å². The van der Waals surface area contributed by atoms with Crippen molar-refractivity contribution in [3.8, 4) is 5.75 Å². The van der Waals surface area contributed by atoms with Crippen LogP contribution in [0.4, 0.5) is 10.1 Å². The summed E-state index contributed by atoms with van der Waals surface area (Å²) in [7, 11) is 0. The lowest BCUT2D eigenvalue weighted by Gasteiger charge is -2.26. The van der Waals surface area contributed by atoms with Crippen LogP contribution in [0.2, 0.25) is 0 Å². The Bertz CT molecular complexity index is 1100. The number of hydrogen-bond donors (Lipinski definition) is 2. The van der Waals surface area contributed by atoms with Gasteiger partial charge in [0.2, 0.25) is 0 Å². The molecule has 1 aliphatic rings. The van der Waals surface area contributed by atoms with Crippen molar-refractivity contribution in [2.24, 2.45) is 5.92 Å². The van der Waals surface area contributed by atoms with E-state index in [2.05, 4.69) is 22.7 Å². The minimum absolute atomic E-state index is 0.0268. The number of halogens is 1. The van der Waals surface area contributed by atoms with Crippen LogP contribution in [0.5, 0.6) is 5.75 Å². The first-order chi connectivity index (χ1) is 16.0. The van der Waals surface area contributed by atoms with Gasteiger partial charge in [0.1, 0.15) is 18.2 Å². The maximum absolute atomic E-state index is 13.7. The summed E-state index contributed by atoms with van der Waals surface area (Å²) in [6.07, 6.45) is 4.21. The van der Waals surface area contributed by atoms with Gasteiger partial charge in [-0.3, -0.25) is 9.59 Å². The number of nitrogens with one attached hydrogen (secondary N) is 2. The third kappa shape index (κ3) is 5.97. The lowest BCUT2D eigenvalue weighted by Crippen LogP contribution is -2.37. The highest BCUT2D eigenvalue weighted by atomic mass is 19.1. The van der Waals surface area contributed by atoms with Gasteiger partial charge in [-0.15, -0.1) is 0 Å². The van der Waals surface area contributed by atoms with Crippen molar-refractivity contribution in [3.63, 3.8) is 0 Å². The topological polar surface area (TPSA) is 93.5 Å². The molecule has 2 amide bonds. The van der Waals surface area contributed by atoms with E-state index in [1.54, 1.807) is 36.4 Å². The summed E-state index contributed by atoms with van der Waals surface area (Å²) in [6.45, 7) is 2.33. The van der Waals surface area contributed by atoms with Crippen LogP contribution in [0.3, 0.4) is 0 Å². The summed E-state index contributed by atoms with van der Waals surface area (Å²) < 4.78 is 24.6. The Morgan fingerprint density at radius 3 is 2.52 bits per heavy atom. The van der Waals surface area contributed by atoms with Crippen LogP contribution in [0.1, 0.15) is 59.2 Å². The molecule has 0 aliphatic heterocycles. The molecule has 2 aromatic carbocycles. The molecule has 172 valence electrons. The molecule has 0 saturated heterocycles. The minimum Gasteiger partial charge on any atom is -0.486 e. The number of hydrogen-bond acceptors (Lipinski definition) is 5. The van der Waals surface area contributed by atoms with Crippen molar-refractivity contribution in [2.45, 2.75) is 45.3 Å². The van der Waals surface area contributed by atoms with E-state index in [9.17, 15) is 14.0 Å². The van der Waals surface area contributed by atoms with Gasteiger partial charge in [-0.05, 0) is 68.0 Å². The molecule has 4 rings (SSSR count). The number of nitrogens with zero attached hydrogens (tertiary/aromatic N) is 1. The van der Waals surface area contributed by atoms with Crippen LogP contribution in [0.15, 0.2) is 59.1 Å². The Morgan fingerprint density at radius 1 is 1.06 bits per heavy atom. The lowest BCUT2D eigenvalue weighted by atomic mass is 9.87. The van der Waals surface area contributed by atoms with Crippen molar-refractivity contribution < 1.29 is 23.2 Å². The molecular formula is C25H26FN3O4. The highest BCUT2D eigenvalue weighted by Gasteiger charge is 2.22. The number of rotatable bonds is 7. The molecule has 0 bridgehead atoms. The van der Waals surface area contributed by atoms with E-state index < -0.39 is 11.7 Å². The molecule has 1 heterocycles. The first kappa shape index (κ1) is 22.5. The second-order valence-corrected chi connectivity index (χ2v) is 8.36. The molecular weight excluding hydrogens is 425 g/mol. The zero-order valence-electron chi connectivity index (χ0n) is 18.3. The van der Waals surface area contributed by atoms with Crippen molar-refractivity contribution in [2.75, 3.05) is 5.32 Å². The molecule has 33 heavy (non-hydrogen) atoms. The number of ether oxygens (including phenoxy) is 1. The number of amides is 2. The van der Waals surface area contributed by atoms with E-state index in [1.165, 1.54) is 18.2 Å². The van der Waals surface area contributed by atoms with Crippen LogP contribution in [-0.4, -0.2) is 23.0 Å². The molecule has 1 aromatic heterocycles. The highest BCUT2D eigenvalue weighted by molar-refractivity contribution is 6.04. The predicted molar refractivity (Wildman–Crippen MR) is 121 cm³/mol. The van der Waals surface area contributed by atoms with Crippen molar-refractivity contribution in [1.29, 1.82) is 0 Å². The van der Waals surface area contributed by atoms with E-state index in [0.29, 0.717) is 23.1 Å². The van der Waals surface area contributed by atoms with Crippen molar-refractivity contribution in [3.05, 3.63) is 77.4 Å². The zero-order chi connectivity index (χ0) is 23.2. The fraction of sp³-hybridized carbons (Fsp3) is 0.320. The van der Waals surface area contributed by atoms with Gasteiger partial charge in [0.25, 0.3) is 11.8 Å². The second kappa shape index (κ2) is 10.3. The standard InChI is InChI=1S/C25H26FN3O4/c1-16-6-8-17(9-7-16)28-25(31)23-14-20(33-29-23)15-32-19-12-10-18(11-13-19)27-24(30)21-4-2-3-5-22(21)26/h2-5,10-14,16-17H,6-9,15H2,1H3,(H,27,30)(H,28,31). The summed E-state index contributed by atoms with van der Waals surface area (Å²) >= 11 is 0. The van der Waals surface area contributed by atoms with Gasteiger partial charge >= 0.3 is 0 Å².